The van der Waals surface area contributed by atoms with Gasteiger partial charge < -0.3 is 4.74 Å². The van der Waals surface area contributed by atoms with E-state index in [0.29, 0.717) is 12.5 Å². The molecule has 3 saturated carbocycles. The van der Waals surface area contributed by atoms with E-state index in [0.717, 1.165) is 42.1 Å². The van der Waals surface area contributed by atoms with Gasteiger partial charge in [-0.05, 0) is 87.5 Å². The molecule has 1 atom stereocenters. The highest BCUT2D eigenvalue weighted by Crippen LogP contribution is 2.59. The van der Waals surface area contributed by atoms with Crippen LogP contribution < -0.4 is 0 Å². The maximum Gasteiger partial charge on any atom is 0.411 e. The molecule has 0 aliphatic heterocycles. The summed E-state index contributed by atoms with van der Waals surface area (Å²) in [6.07, 6.45) is 5.13. The number of fused-ring (bicyclic) bond motifs is 3. The van der Waals surface area contributed by atoms with Gasteiger partial charge in [0.1, 0.15) is 5.60 Å². The Kier molecular flexibility index (Phi) is 5.97. The van der Waals surface area contributed by atoms with Crippen LogP contribution in [0, 0.1) is 5.92 Å². The van der Waals surface area contributed by atoms with Crippen LogP contribution in [0.15, 0.2) is 59.1 Å². The highest BCUT2D eigenvalue weighted by atomic mass is 79.9. The Hall–Kier alpha value is -1.81. The number of halogens is 1. The number of rotatable bonds is 4. The lowest BCUT2D eigenvalue weighted by molar-refractivity contribution is -0.0679. The number of benzene rings is 2. The van der Waals surface area contributed by atoms with Crippen molar-refractivity contribution in [2.24, 2.45) is 5.92 Å². The molecule has 0 N–H and O–H groups in total. The summed E-state index contributed by atoms with van der Waals surface area (Å²) in [5, 5.41) is 0. The number of hydrogen-bond acceptors (Lipinski definition) is 2. The zero-order valence-corrected chi connectivity index (χ0v) is 20.7. The van der Waals surface area contributed by atoms with Crippen LogP contribution in [-0.4, -0.2) is 22.1 Å². The number of nitrogens with zero attached hydrogens (tertiary/aromatic N) is 1. The van der Waals surface area contributed by atoms with E-state index in [4.69, 9.17) is 4.74 Å². The van der Waals surface area contributed by atoms with Gasteiger partial charge in [-0.3, -0.25) is 4.90 Å². The average Bonchev–Trinajstić information content (AvgIpc) is 2.73. The summed E-state index contributed by atoms with van der Waals surface area (Å²) in [5.74, 6) is 0.511. The van der Waals surface area contributed by atoms with Crippen LogP contribution in [0.3, 0.4) is 0 Å². The zero-order valence-electron chi connectivity index (χ0n) is 19.2. The van der Waals surface area contributed by atoms with Crippen molar-refractivity contribution < 1.29 is 9.53 Å². The first-order valence-corrected chi connectivity index (χ1v) is 12.2. The molecule has 31 heavy (non-hydrogen) atoms. The van der Waals surface area contributed by atoms with Crippen molar-refractivity contribution in [1.29, 1.82) is 0 Å². The molecular weight excluding hydrogens is 450 g/mol. The lowest BCUT2D eigenvalue weighted by Crippen LogP contribution is -2.62. The van der Waals surface area contributed by atoms with Gasteiger partial charge in [0.05, 0.1) is 0 Å². The molecule has 2 bridgehead atoms. The van der Waals surface area contributed by atoms with Crippen LogP contribution in [-0.2, 0) is 16.7 Å². The molecule has 3 fully saturated rings. The Labute approximate surface area is 195 Å². The van der Waals surface area contributed by atoms with Crippen LogP contribution in [0.1, 0.15) is 70.9 Å². The van der Waals surface area contributed by atoms with Crippen LogP contribution in [0.2, 0.25) is 0 Å². The van der Waals surface area contributed by atoms with Crippen molar-refractivity contribution in [3.63, 3.8) is 0 Å². The molecule has 1 unspecified atom stereocenters. The number of hydrogen-bond donors (Lipinski definition) is 0. The minimum atomic E-state index is -0.501. The molecule has 3 aliphatic rings. The van der Waals surface area contributed by atoms with Crippen molar-refractivity contribution in [3.8, 4) is 0 Å². The van der Waals surface area contributed by atoms with Gasteiger partial charge in [0.15, 0.2) is 0 Å². The maximum atomic E-state index is 13.4. The van der Waals surface area contributed by atoms with Gasteiger partial charge >= 0.3 is 6.09 Å². The highest BCUT2D eigenvalue weighted by molar-refractivity contribution is 9.10. The molecule has 0 heterocycles. The van der Waals surface area contributed by atoms with Crippen LogP contribution in [0.5, 0.6) is 0 Å². The second-order valence-corrected chi connectivity index (χ2v) is 11.5. The van der Waals surface area contributed by atoms with Crippen LogP contribution in [0.4, 0.5) is 4.79 Å². The Morgan fingerprint density at radius 3 is 2.19 bits per heavy atom. The number of carbonyl (C=O) groups is 1. The first-order valence-electron chi connectivity index (χ1n) is 11.4. The molecule has 1 amide bonds. The second kappa shape index (κ2) is 8.27. The molecule has 0 aromatic heterocycles. The molecule has 0 radical (unpaired) electrons. The predicted octanol–water partition coefficient (Wildman–Crippen LogP) is 7.48. The van der Waals surface area contributed by atoms with Gasteiger partial charge in [-0.2, -0.15) is 0 Å². The highest BCUT2D eigenvalue weighted by Gasteiger charge is 2.57. The third-order valence-electron chi connectivity index (χ3n) is 7.49. The van der Waals surface area contributed by atoms with E-state index in [1.54, 1.807) is 0 Å². The Bertz CT molecular complexity index is 909. The summed E-state index contributed by atoms with van der Waals surface area (Å²) in [7, 11) is 0. The van der Waals surface area contributed by atoms with Crippen molar-refractivity contribution in [1.82, 2.24) is 4.90 Å². The summed E-state index contributed by atoms with van der Waals surface area (Å²) in [6.45, 7) is 8.84. The van der Waals surface area contributed by atoms with Crippen molar-refractivity contribution in [3.05, 3.63) is 70.2 Å². The fraction of sp³-hybridized carbons (Fsp3) is 0.519. The molecule has 2 aromatic carbocycles. The van der Waals surface area contributed by atoms with Gasteiger partial charge in [-0.15, -0.1) is 0 Å². The molecular formula is C27H34BrNO2. The minimum Gasteiger partial charge on any atom is -0.444 e. The molecule has 166 valence electrons. The van der Waals surface area contributed by atoms with E-state index >= 15 is 0 Å². The second-order valence-electron chi connectivity index (χ2n) is 10.5. The lowest BCUT2D eigenvalue weighted by atomic mass is 9.50. The minimum absolute atomic E-state index is 0.130. The molecule has 3 nitrogen and oxygen atoms in total. The molecule has 5 rings (SSSR count). The predicted molar refractivity (Wildman–Crippen MR) is 129 cm³/mol. The number of amides is 1. The fourth-order valence-corrected chi connectivity index (χ4v) is 6.13. The zero-order chi connectivity index (χ0) is 22.3. The van der Waals surface area contributed by atoms with Crippen LogP contribution in [0.25, 0.3) is 0 Å². The van der Waals surface area contributed by atoms with Crippen molar-refractivity contribution in [2.45, 2.75) is 82.9 Å². The normalized spacial score (nSPS) is 27.7. The quantitative estimate of drug-likeness (QED) is 0.450. The Morgan fingerprint density at radius 1 is 1.03 bits per heavy atom. The van der Waals surface area contributed by atoms with Gasteiger partial charge in [-0.25, -0.2) is 4.79 Å². The Morgan fingerprint density at radius 2 is 1.65 bits per heavy atom. The van der Waals surface area contributed by atoms with Crippen molar-refractivity contribution >= 4 is 22.0 Å². The van der Waals surface area contributed by atoms with Gasteiger partial charge in [0, 0.05) is 16.6 Å². The summed E-state index contributed by atoms with van der Waals surface area (Å²) >= 11 is 3.57. The molecule has 0 saturated heterocycles. The monoisotopic (exact) mass is 483 g/mol. The van der Waals surface area contributed by atoms with Gasteiger partial charge in [0.25, 0.3) is 0 Å². The number of carbonyl (C=O) groups excluding carboxylic acids is 1. The smallest absolute Gasteiger partial charge is 0.411 e. The third-order valence-corrected chi connectivity index (χ3v) is 8.02. The number of ether oxygens (including phenoxy) is 1. The average molecular weight is 484 g/mol. The third kappa shape index (κ3) is 4.41. The largest absolute Gasteiger partial charge is 0.444 e. The lowest BCUT2D eigenvalue weighted by Gasteiger charge is -2.60. The van der Waals surface area contributed by atoms with Crippen LogP contribution >= 0.6 is 15.9 Å². The van der Waals surface area contributed by atoms with E-state index < -0.39 is 5.60 Å². The van der Waals surface area contributed by atoms with E-state index in [9.17, 15) is 4.79 Å². The van der Waals surface area contributed by atoms with Crippen molar-refractivity contribution in [2.75, 3.05) is 0 Å². The topological polar surface area (TPSA) is 29.5 Å². The SMILES string of the molecule is CC1CC2(N(Cc3ccccc3)C(=O)OC(C)(C)C)CCC1(c1ccc(Br)cc1)CC2. The summed E-state index contributed by atoms with van der Waals surface area (Å²) in [4.78, 5) is 15.5. The van der Waals surface area contributed by atoms with E-state index in [1.807, 2.05) is 39.0 Å². The van der Waals surface area contributed by atoms with E-state index in [1.165, 1.54) is 5.56 Å². The standard InChI is InChI=1S/C27H34BrNO2/c1-20-18-26(14-16-27(20,17-15-26)22-10-12-23(28)13-11-22)29(24(30)31-25(2,3)4)19-21-8-6-5-7-9-21/h5-13,20H,14-19H2,1-4H3. The summed E-state index contributed by atoms with van der Waals surface area (Å²) in [6, 6.07) is 19.2. The first-order chi connectivity index (χ1) is 14.6. The van der Waals surface area contributed by atoms with E-state index in [2.05, 4.69) is 64.2 Å². The molecule has 3 aliphatic carbocycles. The van der Waals surface area contributed by atoms with E-state index in [-0.39, 0.29) is 17.0 Å². The maximum absolute atomic E-state index is 13.4. The molecule has 4 heteroatoms. The Balaban J connectivity index is 1.63. The summed E-state index contributed by atoms with van der Waals surface area (Å²) < 4.78 is 7.03. The fourth-order valence-electron chi connectivity index (χ4n) is 5.87. The van der Waals surface area contributed by atoms with Gasteiger partial charge in [0.2, 0.25) is 0 Å². The summed E-state index contributed by atoms with van der Waals surface area (Å²) in [5.41, 5.74) is 2.19. The molecule has 0 spiro atoms. The first kappa shape index (κ1) is 22.4. The molecule has 2 aromatic rings. The van der Waals surface area contributed by atoms with Gasteiger partial charge in [-0.1, -0.05) is 65.3 Å².